The lowest BCUT2D eigenvalue weighted by atomic mass is 10.1. The van der Waals surface area contributed by atoms with Crippen LogP contribution in [0.2, 0.25) is 0 Å². The molecule has 1 aromatic heterocycles. The highest BCUT2D eigenvalue weighted by molar-refractivity contribution is 5.82. The zero-order valence-electron chi connectivity index (χ0n) is 11.7. The van der Waals surface area contributed by atoms with Gasteiger partial charge in [-0.3, -0.25) is 0 Å². The van der Waals surface area contributed by atoms with Crippen LogP contribution in [-0.4, -0.2) is 19.1 Å². The molecule has 0 aliphatic heterocycles. The maximum atomic E-state index is 13.2. The largest absolute Gasteiger partial charge is 0.459 e. The average molecular weight is 264 g/mol. The van der Waals surface area contributed by atoms with Gasteiger partial charge >= 0.3 is 0 Å². The Kier molecular flexibility index (Phi) is 4.56. The van der Waals surface area contributed by atoms with Gasteiger partial charge in [0.25, 0.3) is 0 Å². The Morgan fingerprint density at radius 2 is 2.16 bits per heavy atom. The fourth-order valence-electron chi connectivity index (χ4n) is 2.11. The molecule has 2 rings (SSSR count). The van der Waals surface area contributed by atoms with Crippen LogP contribution in [0.5, 0.6) is 0 Å². The topological polar surface area (TPSA) is 37.2 Å². The second kappa shape index (κ2) is 6.17. The van der Waals surface area contributed by atoms with Crippen LogP contribution in [0.15, 0.2) is 22.6 Å². The number of fused-ring (bicyclic) bond motifs is 1. The van der Waals surface area contributed by atoms with E-state index in [1.165, 1.54) is 12.1 Å². The highest BCUT2D eigenvalue weighted by atomic mass is 19.1. The van der Waals surface area contributed by atoms with E-state index in [9.17, 15) is 4.39 Å². The minimum atomic E-state index is -0.226. The third-order valence-corrected chi connectivity index (χ3v) is 3.31. The predicted molar refractivity (Wildman–Crippen MR) is 75.8 cm³/mol. The minimum Gasteiger partial charge on any atom is -0.459 e. The first kappa shape index (κ1) is 14.0. The summed E-state index contributed by atoms with van der Waals surface area (Å²) < 4.78 is 19.0. The highest BCUT2D eigenvalue weighted by Crippen LogP contribution is 2.25. The summed E-state index contributed by atoms with van der Waals surface area (Å²) in [5.74, 6) is 0.653. The third-order valence-electron chi connectivity index (χ3n) is 3.31. The van der Waals surface area contributed by atoms with E-state index >= 15 is 0 Å². The van der Waals surface area contributed by atoms with Crippen LogP contribution in [0.3, 0.4) is 0 Å². The maximum absolute atomic E-state index is 13.2. The van der Waals surface area contributed by atoms with Crippen LogP contribution < -0.4 is 10.6 Å². The highest BCUT2D eigenvalue weighted by Gasteiger charge is 2.11. The van der Waals surface area contributed by atoms with Crippen LogP contribution in [0.4, 0.5) is 4.39 Å². The molecule has 0 spiro atoms. The van der Waals surface area contributed by atoms with E-state index in [1.807, 2.05) is 6.92 Å². The molecule has 0 radical (unpaired) electrons. The van der Waals surface area contributed by atoms with E-state index < -0.39 is 0 Å². The van der Waals surface area contributed by atoms with Gasteiger partial charge in [-0.2, -0.15) is 0 Å². The Morgan fingerprint density at radius 3 is 2.89 bits per heavy atom. The number of nitrogens with one attached hydrogen (secondary N) is 2. The van der Waals surface area contributed by atoms with Gasteiger partial charge in [-0.1, -0.05) is 6.92 Å². The fourth-order valence-corrected chi connectivity index (χ4v) is 2.11. The lowest BCUT2D eigenvalue weighted by Crippen LogP contribution is -2.35. The molecule has 1 aromatic carbocycles. The molecule has 0 fully saturated rings. The molecule has 0 saturated heterocycles. The molecular weight excluding hydrogens is 243 g/mol. The van der Waals surface area contributed by atoms with Crippen molar-refractivity contribution in [3.8, 4) is 0 Å². The van der Waals surface area contributed by atoms with E-state index in [0.717, 1.165) is 35.4 Å². The first-order chi connectivity index (χ1) is 9.11. The molecule has 0 amide bonds. The number of halogens is 1. The van der Waals surface area contributed by atoms with Gasteiger partial charge in [0.05, 0.1) is 6.54 Å². The van der Waals surface area contributed by atoms with Gasteiger partial charge in [0.2, 0.25) is 0 Å². The molecule has 0 bridgehead atoms. The molecule has 0 aliphatic carbocycles. The van der Waals surface area contributed by atoms with E-state index in [4.69, 9.17) is 4.42 Å². The molecule has 3 nitrogen and oxygen atoms in total. The lowest BCUT2D eigenvalue weighted by Gasteiger charge is -2.13. The van der Waals surface area contributed by atoms with Crippen molar-refractivity contribution >= 4 is 11.0 Å². The SMILES string of the molecule is CCNCC(C)NCc1oc2ccc(F)cc2c1C. The Bertz CT molecular complexity index is 550. The summed E-state index contributed by atoms with van der Waals surface area (Å²) in [7, 11) is 0. The van der Waals surface area contributed by atoms with Crippen molar-refractivity contribution in [3.63, 3.8) is 0 Å². The number of benzene rings is 1. The standard InChI is InChI=1S/C15H21FN2O/c1-4-17-8-10(2)18-9-15-11(3)13-7-12(16)5-6-14(13)19-15/h5-7,10,17-18H,4,8-9H2,1-3H3. The molecular formula is C15H21FN2O. The van der Waals surface area contributed by atoms with Crippen molar-refractivity contribution in [3.05, 3.63) is 35.3 Å². The Labute approximate surface area is 113 Å². The molecule has 4 heteroatoms. The second-order valence-corrected chi connectivity index (χ2v) is 4.88. The predicted octanol–water partition coefficient (Wildman–Crippen LogP) is 2.97. The second-order valence-electron chi connectivity index (χ2n) is 4.88. The maximum Gasteiger partial charge on any atom is 0.134 e. The Hall–Kier alpha value is -1.39. The van der Waals surface area contributed by atoms with Crippen LogP contribution >= 0.6 is 0 Å². The average Bonchev–Trinajstić information content (AvgIpc) is 2.71. The summed E-state index contributed by atoms with van der Waals surface area (Å²) in [4.78, 5) is 0. The molecule has 0 saturated carbocycles. The molecule has 19 heavy (non-hydrogen) atoms. The van der Waals surface area contributed by atoms with Crippen LogP contribution in [0, 0.1) is 12.7 Å². The molecule has 2 aromatic rings. The van der Waals surface area contributed by atoms with Crippen molar-refractivity contribution in [2.75, 3.05) is 13.1 Å². The molecule has 1 unspecified atom stereocenters. The van der Waals surface area contributed by atoms with E-state index in [1.54, 1.807) is 6.07 Å². The van der Waals surface area contributed by atoms with Crippen LogP contribution in [-0.2, 0) is 6.54 Å². The Morgan fingerprint density at radius 1 is 1.37 bits per heavy atom. The molecule has 2 N–H and O–H groups in total. The normalized spacial score (nSPS) is 13.1. The summed E-state index contributed by atoms with van der Waals surface area (Å²) in [5.41, 5.74) is 1.76. The van der Waals surface area contributed by atoms with Crippen molar-refractivity contribution < 1.29 is 8.81 Å². The summed E-state index contributed by atoms with van der Waals surface area (Å²) >= 11 is 0. The van der Waals surface area contributed by atoms with E-state index in [0.29, 0.717) is 12.6 Å². The first-order valence-corrected chi connectivity index (χ1v) is 6.73. The van der Waals surface area contributed by atoms with Gasteiger partial charge in [0.15, 0.2) is 0 Å². The smallest absolute Gasteiger partial charge is 0.134 e. The molecule has 1 atom stereocenters. The molecule has 1 heterocycles. The summed E-state index contributed by atoms with van der Waals surface area (Å²) in [6, 6.07) is 5.00. The van der Waals surface area contributed by atoms with Crippen LogP contribution in [0.1, 0.15) is 25.2 Å². The van der Waals surface area contributed by atoms with Crippen LogP contribution in [0.25, 0.3) is 11.0 Å². The van der Waals surface area contributed by atoms with Crippen molar-refractivity contribution in [2.45, 2.75) is 33.4 Å². The molecule has 104 valence electrons. The van der Waals surface area contributed by atoms with Gasteiger partial charge in [-0.25, -0.2) is 4.39 Å². The van der Waals surface area contributed by atoms with Gasteiger partial charge in [-0.05, 0) is 44.2 Å². The summed E-state index contributed by atoms with van der Waals surface area (Å²) in [5, 5.41) is 7.55. The zero-order valence-corrected chi connectivity index (χ0v) is 11.7. The first-order valence-electron chi connectivity index (χ1n) is 6.73. The quantitative estimate of drug-likeness (QED) is 0.842. The summed E-state index contributed by atoms with van der Waals surface area (Å²) in [6.45, 7) is 8.73. The summed E-state index contributed by atoms with van der Waals surface area (Å²) in [6.07, 6.45) is 0. The number of likely N-dealkylation sites (N-methyl/N-ethyl adjacent to an activating group) is 1. The monoisotopic (exact) mass is 264 g/mol. The number of rotatable bonds is 6. The minimum absolute atomic E-state index is 0.226. The van der Waals surface area contributed by atoms with E-state index in [2.05, 4.69) is 24.5 Å². The number of aryl methyl sites for hydroxylation is 1. The molecule has 0 aliphatic rings. The van der Waals surface area contributed by atoms with Gasteiger partial charge < -0.3 is 15.1 Å². The van der Waals surface area contributed by atoms with Crippen molar-refractivity contribution in [2.24, 2.45) is 0 Å². The lowest BCUT2D eigenvalue weighted by molar-refractivity contribution is 0.457. The van der Waals surface area contributed by atoms with Crippen molar-refractivity contribution in [1.29, 1.82) is 0 Å². The van der Waals surface area contributed by atoms with E-state index in [-0.39, 0.29) is 5.82 Å². The zero-order chi connectivity index (χ0) is 13.8. The van der Waals surface area contributed by atoms with Gasteiger partial charge in [0, 0.05) is 18.0 Å². The van der Waals surface area contributed by atoms with Gasteiger partial charge in [-0.15, -0.1) is 0 Å². The fraction of sp³-hybridized carbons (Fsp3) is 0.467. The Balaban J connectivity index is 2.06. The number of furan rings is 1. The van der Waals surface area contributed by atoms with Crippen molar-refractivity contribution in [1.82, 2.24) is 10.6 Å². The third kappa shape index (κ3) is 3.33. The number of hydrogen-bond donors (Lipinski definition) is 2. The van der Waals surface area contributed by atoms with Gasteiger partial charge in [0.1, 0.15) is 17.2 Å². The number of hydrogen-bond acceptors (Lipinski definition) is 3.